The molecular weight excluding hydrogens is 288 g/mol. The SMILES string of the molecule is CCOC(=O)CCC(=O)C1C(=O)N(C)C(=O)N(C)C1Cl. The molecular formula is C12H17ClN2O5. The fraction of sp³-hybridized carbons (Fsp3) is 0.667. The molecule has 112 valence electrons. The molecule has 8 heteroatoms. The molecule has 20 heavy (non-hydrogen) atoms. The van der Waals surface area contributed by atoms with Crippen molar-refractivity contribution < 1.29 is 23.9 Å². The van der Waals surface area contributed by atoms with Crippen LogP contribution in [0, 0.1) is 5.92 Å². The minimum absolute atomic E-state index is 0.110. The Morgan fingerprint density at radius 2 is 1.85 bits per heavy atom. The number of alkyl halides is 1. The number of nitrogens with zero attached hydrogens (tertiary/aromatic N) is 2. The highest BCUT2D eigenvalue weighted by molar-refractivity contribution is 6.27. The van der Waals surface area contributed by atoms with Gasteiger partial charge in [0.2, 0.25) is 5.91 Å². The van der Waals surface area contributed by atoms with Crippen LogP contribution < -0.4 is 0 Å². The molecule has 3 amide bonds. The minimum Gasteiger partial charge on any atom is -0.466 e. The summed E-state index contributed by atoms with van der Waals surface area (Å²) in [5.41, 5.74) is -1.04. The number of ether oxygens (including phenoxy) is 1. The molecule has 0 spiro atoms. The number of carbonyl (C=O) groups excluding carboxylic acids is 4. The van der Waals surface area contributed by atoms with Crippen molar-refractivity contribution in [2.45, 2.75) is 25.3 Å². The van der Waals surface area contributed by atoms with E-state index in [0.717, 1.165) is 9.80 Å². The third-order valence-electron chi connectivity index (χ3n) is 3.06. The van der Waals surface area contributed by atoms with Gasteiger partial charge in [-0.15, -0.1) is 0 Å². The predicted molar refractivity (Wildman–Crippen MR) is 69.9 cm³/mol. The fourth-order valence-corrected chi connectivity index (χ4v) is 2.22. The molecule has 0 aromatic carbocycles. The number of esters is 1. The second-order valence-corrected chi connectivity index (χ2v) is 4.86. The first kappa shape index (κ1) is 16.4. The van der Waals surface area contributed by atoms with E-state index >= 15 is 0 Å². The first-order chi connectivity index (χ1) is 9.31. The van der Waals surface area contributed by atoms with Crippen LogP contribution in [0.25, 0.3) is 0 Å². The van der Waals surface area contributed by atoms with Crippen LogP contribution in [0.3, 0.4) is 0 Å². The van der Waals surface area contributed by atoms with Crippen molar-refractivity contribution in [2.75, 3.05) is 20.7 Å². The second-order valence-electron chi connectivity index (χ2n) is 4.41. The molecule has 0 aromatic heterocycles. The number of rotatable bonds is 5. The predicted octanol–water partition coefficient (Wildman–Crippen LogP) is 0.604. The maximum Gasteiger partial charge on any atom is 0.327 e. The summed E-state index contributed by atoms with van der Waals surface area (Å²) in [5, 5.41) is 0. The average Bonchev–Trinajstić information content (AvgIpc) is 2.41. The smallest absolute Gasteiger partial charge is 0.327 e. The van der Waals surface area contributed by atoms with Crippen LogP contribution in [0.2, 0.25) is 0 Å². The Labute approximate surface area is 121 Å². The molecule has 0 N–H and O–H groups in total. The molecule has 2 atom stereocenters. The van der Waals surface area contributed by atoms with E-state index in [-0.39, 0.29) is 19.4 Å². The van der Waals surface area contributed by atoms with Gasteiger partial charge in [-0.25, -0.2) is 4.79 Å². The van der Waals surface area contributed by atoms with E-state index in [4.69, 9.17) is 16.3 Å². The van der Waals surface area contributed by atoms with Crippen molar-refractivity contribution in [2.24, 2.45) is 5.92 Å². The van der Waals surface area contributed by atoms with Crippen molar-refractivity contribution in [1.29, 1.82) is 0 Å². The van der Waals surface area contributed by atoms with Crippen LogP contribution in [0.15, 0.2) is 0 Å². The van der Waals surface area contributed by atoms with Crippen LogP contribution in [-0.4, -0.2) is 59.7 Å². The van der Waals surface area contributed by atoms with Crippen molar-refractivity contribution in [3.8, 4) is 0 Å². The zero-order valence-corrected chi connectivity index (χ0v) is 12.3. The number of urea groups is 1. The Bertz CT molecular complexity index is 440. The van der Waals surface area contributed by atoms with Crippen LogP contribution in [0.1, 0.15) is 19.8 Å². The number of hydrogen-bond acceptors (Lipinski definition) is 5. The van der Waals surface area contributed by atoms with Gasteiger partial charge in [-0.1, -0.05) is 11.6 Å². The van der Waals surface area contributed by atoms with Crippen LogP contribution in [0.5, 0.6) is 0 Å². The topological polar surface area (TPSA) is 84.0 Å². The van der Waals surface area contributed by atoms with Gasteiger partial charge in [0.25, 0.3) is 0 Å². The Morgan fingerprint density at radius 3 is 2.40 bits per heavy atom. The fourth-order valence-electron chi connectivity index (χ4n) is 1.89. The Balaban J connectivity index is 2.73. The van der Waals surface area contributed by atoms with Gasteiger partial charge in [0, 0.05) is 20.5 Å². The first-order valence-corrected chi connectivity index (χ1v) is 6.61. The minimum atomic E-state index is -1.15. The molecule has 0 bridgehead atoms. The Kier molecular flexibility index (Phi) is 5.50. The molecule has 0 aromatic rings. The maximum atomic E-state index is 12.0. The molecule has 7 nitrogen and oxygen atoms in total. The van der Waals surface area contributed by atoms with Gasteiger partial charge >= 0.3 is 12.0 Å². The molecule has 1 aliphatic rings. The molecule has 1 fully saturated rings. The molecule has 1 aliphatic heterocycles. The quantitative estimate of drug-likeness (QED) is 0.321. The molecule has 0 aliphatic carbocycles. The number of amides is 3. The molecule has 1 saturated heterocycles. The Hall–Kier alpha value is -1.63. The van der Waals surface area contributed by atoms with E-state index in [0.29, 0.717) is 0 Å². The van der Waals surface area contributed by atoms with Gasteiger partial charge in [0.15, 0.2) is 0 Å². The summed E-state index contributed by atoms with van der Waals surface area (Å²) in [5.74, 6) is -2.79. The van der Waals surface area contributed by atoms with E-state index in [9.17, 15) is 19.2 Å². The summed E-state index contributed by atoms with van der Waals surface area (Å²) in [6.07, 6.45) is -0.254. The van der Waals surface area contributed by atoms with Crippen molar-refractivity contribution in [3.05, 3.63) is 0 Å². The highest BCUT2D eigenvalue weighted by Crippen LogP contribution is 2.25. The highest BCUT2D eigenvalue weighted by Gasteiger charge is 2.45. The second kappa shape index (κ2) is 6.69. The van der Waals surface area contributed by atoms with E-state index in [1.165, 1.54) is 14.1 Å². The summed E-state index contributed by atoms with van der Waals surface area (Å²) < 4.78 is 4.71. The zero-order chi connectivity index (χ0) is 15.4. The van der Waals surface area contributed by atoms with Gasteiger partial charge in [0.1, 0.15) is 17.2 Å². The molecule has 1 rings (SSSR count). The number of carbonyl (C=O) groups is 4. The van der Waals surface area contributed by atoms with Crippen molar-refractivity contribution in [1.82, 2.24) is 9.80 Å². The summed E-state index contributed by atoms with van der Waals surface area (Å²) >= 11 is 5.98. The number of halogens is 1. The summed E-state index contributed by atoms with van der Waals surface area (Å²) in [4.78, 5) is 48.8. The number of imide groups is 1. The summed E-state index contributed by atoms with van der Waals surface area (Å²) in [6.45, 7) is 1.89. The first-order valence-electron chi connectivity index (χ1n) is 6.18. The van der Waals surface area contributed by atoms with Gasteiger partial charge in [-0.3, -0.25) is 19.3 Å². The van der Waals surface area contributed by atoms with E-state index in [1.807, 2.05) is 0 Å². The normalized spacial score (nSPS) is 23.0. The lowest BCUT2D eigenvalue weighted by Crippen LogP contribution is -2.59. The molecule has 1 heterocycles. The number of ketones is 1. The van der Waals surface area contributed by atoms with E-state index < -0.39 is 35.1 Å². The van der Waals surface area contributed by atoms with E-state index in [2.05, 4.69) is 0 Å². The molecule has 2 unspecified atom stereocenters. The molecule has 0 saturated carbocycles. The zero-order valence-electron chi connectivity index (χ0n) is 11.6. The summed E-state index contributed by atoms with van der Waals surface area (Å²) in [7, 11) is 2.70. The average molecular weight is 305 g/mol. The van der Waals surface area contributed by atoms with Gasteiger partial charge in [0.05, 0.1) is 13.0 Å². The standard InChI is InChI=1S/C12H17ClN2O5/c1-4-20-8(17)6-5-7(16)9-10(13)14(2)12(19)15(3)11(9)18/h9-10H,4-6H2,1-3H3. The van der Waals surface area contributed by atoms with Gasteiger partial charge < -0.3 is 9.64 Å². The molecule has 0 radical (unpaired) electrons. The van der Waals surface area contributed by atoms with Crippen LogP contribution in [0.4, 0.5) is 4.79 Å². The van der Waals surface area contributed by atoms with Gasteiger partial charge in [-0.2, -0.15) is 0 Å². The largest absolute Gasteiger partial charge is 0.466 e. The maximum absolute atomic E-state index is 12.0. The van der Waals surface area contributed by atoms with Crippen LogP contribution >= 0.6 is 11.6 Å². The highest BCUT2D eigenvalue weighted by atomic mass is 35.5. The van der Waals surface area contributed by atoms with Gasteiger partial charge in [-0.05, 0) is 6.92 Å². The monoisotopic (exact) mass is 304 g/mol. The number of Topliss-reactive ketones (excluding diaryl/α,β-unsaturated/α-hetero) is 1. The lowest BCUT2D eigenvalue weighted by atomic mass is 9.96. The third kappa shape index (κ3) is 3.27. The lowest BCUT2D eigenvalue weighted by Gasteiger charge is -2.37. The third-order valence-corrected chi connectivity index (χ3v) is 3.60. The van der Waals surface area contributed by atoms with Crippen molar-refractivity contribution in [3.63, 3.8) is 0 Å². The van der Waals surface area contributed by atoms with E-state index in [1.54, 1.807) is 6.92 Å². The van der Waals surface area contributed by atoms with Crippen LogP contribution in [-0.2, 0) is 19.1 Å². The Morgan fingerprint density at radius 1 is 1.25 bits per heavy atom. The summed E-state index contributed by atoms with van der Waals surface area (Å²) in [6, 6.07) is -0.565. The number of hydrogen-bond donors (Lipinski definition) is 0. The van der Waals surface area contributed by atoms with Crippen molar-refractivity contribution >= 4 is 35.3 Å². The lowest BCUT2D eigenvalue weighted by molar-refractivity contribution is -0.147.